The van der Waals surface area contributed by atoms with Crippen molar-refractivity contribution >= 4 is 21.9 Å². The van der Waals surface area contributed by atoms with Gasteiger partial charge in [-0.15, -0.1) is 0 Å². The van der Waals surface area contributed by atoms with Gasteiger partial charge in [-0.3, -0.25) is 0 Å². The van der Waals surface area contributed by atoms with Crippen LogP contribution in [0.5, 0.6) is 0 Å². The molecule has 0 saturated carbocycles. The van der Waals surface area contributed by atoms with Crippen molar-refractivity contribution in [2.75, 3.05) is 0 Å². The molecule has 5 nitrogen and oxygen atoms in total. The molecule has 7 aromatic carbocycles. The molecule has 0 aliphatic carbocycles. The maximum Gasteiger partial charge on any atom is 0.164 e. The van der Waals surface area contributed by atoms with Gasteiger partial charge in [-0.2, -0.15) is 5.26 Å². The normalized spacial score (nSPS) is 11.1. The summed E-state index contributed by atoms with van der Waals surface area (Å²) in [5, 5.41) is 12.1. The van der Waals surface area contributed by atoms with Gasteiger partial charge in [0.25, 0.3) is 0 Å². The molecule has 9 aromatic rings. The number of furan rings is 1. The molecule has 51 heavy (non-hydrogen) atoms. The minimum absolute atomic E-state index is 0.531. The third kappa shape index (κ3) is 5.61. The van der Waals surface area contributed by atoms with Crippen molar-refractivity contribution in [2.24, 2.45) is 0 Å². The van der Waals surface area contributed by atoms with Gasteiger partial charge in [0, 0.05) is 27.5 Å². The molecule has 0 atom stereocenters. The second kappa shape index (κ2) is 12.7. The Morgan fingerprint density at radius 3 is 1.69 bits per heavy atom. The summed E-state index contributed by atoms with van der Waals surface area (Å²) < 4.78 is 6.46. The van der Waals surface area contributed by atoms with E-state index >= 15 is 0 Å². The monoisotopic (exact) mass is 652 g/mol. The molecule has 0 aliphatic rings. The van der Waals surface area contributed by atoms with E-state index < -0.39 is 0 Å². The van der Waals surface area contributed by atoms with E-state index in [-0.39, 0.29) is 0 Å². The summed E-state index contributed by atoms with van der Waals surface area (Å²) in [6.07, 6.45) is 0. The van der Waals surface area contributed by atoms with E-state index in [0.717, 1.165) is 72.0 Å². The molecule has 0 bridgehead atoms. The van der Waals surface area contributed by atoms with Gasteiger partial charge in [-0.25, -0.2) is 15.0 Å². The van der Waals surface area contributed by atoms with E-state index in [1.165, 1.54) is 0 Å². The average Bonchev–Trinajstić information content (AvgIpc) is 3.60. The number of fused-ring (bicyclic) bond motifs is 3. The van der Waals surface area contributed by atoms with E-state index in [1.54, 1.807) is 0 Å². The molecule has 0 radical (unpaired) electrons. The van der Waals surface area contributed by atoms with E-state index in [4.69, 9.17) is 19.4 Å². The highest BCUT2D eigenvalue weighted by Gasteiger charge is 2.18. The topological polar surface area (TPSA) is 75.6 Å². The molecular formula is C46H28N4O. The van der Waals surface area contributed by atoms with Crippen molar-refractivity contribution < 1.29 is 4.42 Å². The Morgan fingerprint density at radius 1 is 0.392 bits per heavy atom. The fourth-order valence-corrected chi connectivity index (χ4v) is 6.72. The third-order valence-corrected chi connectivity index (χ3v) is 9.16. The lowest BCUT2D eigenvalue weighted by molar-refractivity contribution is 0.669. The van der Waals surface area contributed by atoms with Crippen molar-refractivity contribution in [3.05, 3.63) is 175 Å². The van der Waals surface area contributed by atoms with Crippen LogP contribution in [-0.2, 0) is 0 Å². The SMILES string of the molecule is N#Cc1ccccc1-c1cc(-c2ccccc2)cc(-c2nc(-c3ccccc3)nc(-c3ccc4c(c3)oc3cccc(-c5ccccc5)c34)n2)c1. The molecule has 9 rings (SSSR count). The lowest BCUT2D eigenvalue weighted by atomic mass is 9.93. The Hall–Kier alpha value is -7.16. The maximum absolute atomic E-state index is 9.98. The first-order chi connectivity index (χ1) is 25.2. The minimum Gasteiger partial charge on any atom is -0.456 e. The van der Waals surface area contributed by atoms with Crippen LogP contribution in [0.1, 0.15) is 5.56 Å². The van der Waals surface area contributed by atoms with Crippen molar-refractivity contribution in [2.45, 2.75) is 0 Å². The van der Waals surface area contributed by atoms with Crippen LogP contribution in [0.15, 0.2) is 174 Å². The van der Waals surface area contributed by atoms with Crippen LogP contribution in [-0.4, -0.2) is 15.0 Å². The van der Waals surface area contributed by atoms with E-state index in [0.29, 0.717) is 23.0 Å². The molecule has 0 saturated heterocycles. The number of nitriles is 1. The first-order valence-corrected chi connectivity index (χ1v) is 16.7. The maximum atomic E-state index is 9.98. The fourth-order valence-electron chi connectivity index (χ4n) is 6.72. The Morgan fingerprint density at radius 2 is 0.961 bits per heavy atom. The number of hydrogen-bond acceptors (Lipinski definition) is 5. The lowest BCUT2D eigenvalue weighted by Gasteiger charge is -2.13. The Bertz CT molecular complexity index is 2750. The molecule has 238 valence electrons. The minimum atomic E-state index is 0.531. The number of aromatic nitrogens is 3. The molecule has 2 heterocycles. The zero-order valence-corrected chi connectivity index (χ0v) is 27.4. The van der Waals surface area contributed by atoms with Crippen LogP contribution in [0.4, 0.5) is 0 Å². The van der Waals surface area contributed by atoms with E-state index in [2.05, 4.69) is 78.9 Å². The number of benzene rings is 7. The van der Waals surface area contributed by atoms with Gasteiger partial charge in [-0.1, -0.05) is 127 Å². The van der Waals surface area contributed by atoms with Crippen molar-refractivity contribution in [1.82, 2.24) is 15.0 Å². The van der Waals surface area contributed by atoms with Crippen LogP contribution in [0, 0.1) is 11.3 Å². The van der Waals surface area contributed by atoms with Gasteiger partial charge >= 0.3 is 0 Å². The van der Waals surface area contributed by atoms with Crippen molar-refractivity contribution in [3.63, 3.8) is 0 Å². The molecular weight excluding hydrogens is 625 g/mol. The molecule has 0 unspecified atom stereocenters. The smallest absolute Gasteiger partial charge is 0.164 e. The molecule has 5 heteroatoms. The highest BCUT2D eigenvalue weighted by atomic mass is 16.3. The predicted molar refractivity (Wildman–Crippen MR) is 204 cm³/mol. The van der Waals surface area contributed by atoms with Crippen molar-refractivity contribution in [3.8, 4) is 73.6 Å². The number of rotatable bonds is 6. The van der Waals surface area contributed by atoms with Crippen molar-refractivity contribution in [1.29, 1.82) is 5.26 Å². The summed E-state index contributed by atoms with van der Waals surface area (Å²) in [5.74, 6) is 1.63. The molecule has 0 amide bonds. The molecule has 2 aromatic heterocycles. The second-order valence-corrected chi connectivity index (χ2v) is 12.4. The van der Waals surface area contributed by atoms with Gasteiger partial charge in [0.1, 0.15) is 11.2 Å². The fraction of sp³-hybridized carbons (Fsp3) is 0. The lowest BCUT2D eigenvalue weighted by Crippen LogP contribution is -2.00. The Kier molecular flexibility index (Phi) is 7.46. The number of nitrogens with zero attached hydrogens (tertiary/aromatic N) is 4. The third-order valence-electron chi connectivity index (χ3n) is 9.16. The van der Waals surface area contributed by atoms with E-state index in [9.17, 15) is 5.26 Å². The standard InChI is InChI=1S/C46H28N4O/c47-29-34-19-10-11-20-38(34)36-25-35(30-13-4-1-5-14-30)26-37(27-36)46-49-44(32-17-8-3-9-18-32)48-45(50-46)33-23-24-40-42(28-33)51-41-22-12-21-39(43(40)41)31-15-6-2-7-16-31/h1-28H. The van der Waals surface area contributed by atoms with Gasteiger partial charge < -0.3 is 4.42 Å². The highest BCUT2D eigenvalue weighted by molar-refractivity contribution is 6.13. The zero-order valence-electron chi connectivity index (χ0n) is 27.4. The summed E-state index contributed by atoms with van der Waals surface area (Å²) in [5.41, 5.74) is 10.8. The predicted octanol–water partition coefficient (Wildman–Crippen LogP) is 11.6. The van der Waals surface area contributed by atoms with Crippen LogP contribution >= 0.6 is 0 Å². The zero-order chi connectivity index (χ0) is 34.1. The summed E-state index contributed by atoms with van der Waals surface area (Å²) >= 11 is 0. The summed E-state index contributed by atoms with van der Waals surface area (Å²) in [4.78, 5) is 15.2. The second-order valence-electron chi connectivity index (χ2n) is 12.4. The van der Waals surface area contributed by atoms with E-state index in [1.807, 2.05) is 97.1 Å². The Labute approximate surface area is 294 Å². The van der Waals surface area contributed by atoms with Crippen LogP contribution < -0.4 is 0 Å². The molecule has 0 spiro atoms. The van der Waals surface area contributed by atoms with Gasteiger partial charge in [0.05, 0.1) is 11.6 Å². The summed E-state index contributed by atoms with van der Waals surface area (Å²) in [6.45, 7) is 0. The van der Waals surface area contributed by atoms with Gasteiger partial charge in [0.15, 0.2) is 17.5 Å². The quantitative estimate of drug-likeness (QED) is 0.179. The molecule has 0 N–H and O–H groups in total. The highest BCUT2D eigenvalue weighted by Crippen LogP contribution is 2.39. The Balaban J connectivity index is 1.24. The molecule has 0 aliphatic heterocycles. The summed E-state index contributed by atoms with van der Waals surface area (Å²) in [7, 11) is 0. The largest absolute Gasteiger partial charge is 0.456 e. The first kappa shape index (κ1) is 29.9. The average molecular weight is 653 g/mol. The van der Waals surface area contributed by atoms with Crippen LogP contribution in [0.25, 0.3) is 89.5 Å². The van der Waals surface area contributed by atoms with Crippen LogP contribution in [0.3, 0.4) is 0 Å². The molecule has 0 fully saturated rings. The number of hydrogen-bond donors (Lipinski definition) is 0. The first-order valence-electron chi connectivity index (χ1n) is 16.7. The van der Waals surface area contributed by atoms with Gasteiger partial charge in [0.2, 0.25) is 0 Å². The summed E-state index contributed by atoms with van der Waals surface area (Å²) in [6, 6.07) is 59.2. The van der Waals surface area contributed by atoms with Gasteiger partial charge in [-0.05, 0) is 75.8 Å². The van der Waals surface area contributed by atoms with Crippen LogP contribution in [0.2, 0.25) is 0 Å².